The van der Waals surface area contributed by atoms with Gasteiger partial charge in [-0.25, -0.2) is 14.4 Å². The van der Waals surface area contributed by atoms with E-state index in [2.05, 4.69) is 19.7 Å². The molecule has 1 aliphatic carbocycles. The summed E-state index contributed by atoms with van der Waals surface area (Å²) in [6.07, 6.45) is 12.8. The highest BCUT2D eigenvalue weighted by Gasteiger charge is 2.32. The number of piperidine rings is 1. The molecule has 2 aliphatic heterocycles. The third-order valence-electron chi connectivity index (χ3n) is 8.78. The van der Waals surface area contributed by atoms with Crippen LogP contribution >= 0.6 is 0 Å². The molecular formula is C30H43FN6O. The second-order valence-corrected chi connectivity index (χ2v) is 11.4. The fraction of sp³-hybridized carbons (Fsp3) is 0.633. The Morgan fingerprint density at radius 3 is 2.53 bits per heavy atom. The summed E-state index contributed by atoms with van der Waals surface area (Å²) < 4.78 is 14.4. The molecule has 7 nitrogen and oxygen atoms in total. The second kappa shape index (κ2) is 12.0. The fourth-order valence-corrected chi connectivity index (χ4v) is 6.70. The number of nitrogens with zero attached hydrogens (tertiary/aromatic N) is 6. The van der Waals surface area contributed by atoms with E-state index in [9.17, 15) is 9.18 Å². The standard InChI is InChI=1S/C30H43FN6O/c1-4-36(22(2)3)30(38)26-18-24(31)10-11-27(26)37-17-16-35(29-28(37)19-32-21-33-29)20-23-12-14-34(15-13-23)25-8-6-5-7-9-25/h10-11,18-19,21-23,25H,4-9,12-17,20H2,1-3H3. The maximum Gasteiger partial charge on any atom is 0.256 e. The van der Waals surface area contributed by atoms with Crippen molar-refractivity contribution >= 4 is 23.1 Å². The minimum atomic E-state index is -0.403. The first kappa shape index (κ1) is 26.9. The van der Waals surface area contributed by atoms with Gasteiger partial charge in [0.1, 0.15) is 17.8 Å². The molecule has 8 heteroatoms. The summed E-state index contributed by atoms with van der Waals surface area (Å²) in [7, 11) is 0. The summed E-state index contributed by atoms with van der Waals surface area (Å²) in [5, 5.41) is 0. The number of fused-ring (bicyclic) bond motifs is 1. The molecule has 3 heterocycles. The molecule has 0 atom stereocenters. The topological polar surface area (TPSA) is 55.8 Å². The van der Waals surface area contributed by atoms with Crippen molar-refractivity contribution in [2.45, 2.75) is 77.8 Å². The van der Waals surface area contributed by atoms with Crippen molar-refractivity contribution in [2.24, 2.45) is 5.92 Å². The first-order chi connectivity index (χ1) is 18.5. The van der Waals surface area contributed by atoms with E-state index < -0.39 is 5.82 Å². The molecule has 1 aromatic carbocycles. The lowest BCUT2D eigenvalue weighted by atomic mass is 9.90. The third-order valence-corrected chi connectivity index (χ3v) is 8.78. The van der Waals surface area contributed by atoms with Gasteiger partial charge in [-0.1, -0.05) is 19.3 Å². The molecule has 0 spiro atoms. The Hall–Kier alpha value is -2.74. The molecule has 2 fully saturated rings. The van der Waals surface area contributed by atoms with Gasteiger partial charge in [-0.05, 0) is 83.7 Å². The molecule has 206 valence electrons. The molecule has 0 N–H and O–H groups in total. The van der Waals surface area contributed by atoms with Crippen molar-refractivity contribution in [1.82, 2.24) is 19.8 Å². The minimum Gasteiger partial charge on any atom is -0.353 e. The van der Waals surface area contributed by atoms with Gasteiger partial charge in [0.2, 0.25) is 0 Å². The number of aromatic nitrogens is 2. The lowest BCUT2D eigenvalue weighted by Gasteiger charge is -2.43. The van der Waals surface area contributed by atoms with Crippen molar-refractivity contribution in [2.75, 3.05) is 49.1 Å². The summed E-state index contributed by atoms with van der Waals surface area (Å²) in [6, 6.07) is 5.37. The predicted molar refractivity (Wildman–Crippen MR) is 151 cm³/mol. The Kier molecular flexibility index (Phi) is 8.46. The lowest BCUT2D eigenvalue weighted by Crippen LogP contribution is -2.47. The van der Waals surface area contributed by atoms with Crippen molar-refractivity contribution in [3.8, 4) is 0 Å². The molecule has 1 saturated heterocycles. The third kappa shape index (κ3) is 5.65. The normalized spacial score (nSPS) is 19.6. The van der Waals surface area contributed by atoms with E-state index in [-0.39, 0.29) is 11.9 Å². The van der Waals surface area contributed by atoms with Gasteiger partial charge in [-0.3, -0.25) is 4.79 Å². The number of hydrogen-bond donors (Lipinski definition) is 0. The summed E-state index contributed by atoms with van der Waals surface area (Å²) >= 11 is 0. The van der Waals surface area contributed by atoms with E-state index in [0.717, 1.165) is 30.6 Å². The SMILES string of the molecule is CCN(C(=O)c1cc(F)ccc1N1CCN(CC2CCN(C3CCCCC3)CC2)c2ncncc21)C(C)C. The Bertz CT molecular complexity index is 1100. The Morgan fingerprint density at radius 2 is 1.82 bits per heavy atom. The Labute approximate surface area is 227 Å². The van der Waals surface area contributed by atoms with Crippen LogP contribution in [0, 0.1) is 11.7 Å². The average Bonchev–Trinajstić information content (AvgIpc) is 2.94. The van der Waals surface area contributed by atoms with Crippen LogP contribution in [0.2, 0.25) is 0 Å². The number of amides is 1. The van der Waals surface area contributed by atoms with E-state index >= 15 is 0 Å². The van der Waals surface area contributed by atoms with Crippen LogP contribution in [-0.4, -0.2) is 77.0 Å². The highest BCUT2D eigenvalue weighted by molar-refractivity contribution is 6.01. The Morgan fingerprint density at radius 1 is 1.05 bits per heavy atom. The summed E-state index contributed by atoms with van der Waals surface area (Å²) in [6.45, 7) is 11.4. The average molecular weight is 523 g/mol. The van der Waals surface area contributed by atoms with Crippen LogP contribution in [-0.2, 0) is 0 Å². The van der Waals surface area contributed by atoms with Gasteiger partial charge in [-0.2, -0.15) is 0 Å². The van der Waals surface area contributed by atoms with Crippen molar-refractivity contribution in [3.63, 3.8) is 0 Å². The van der Waals surface area contributed by atoms with E-state index in [1.165, 1.54) is 70.2 Å². The van der Waals surface area contributed by atoms with Crippen LogP contribution in [0.1, 0.15) is 76.1 Å². The lowest BCUT2D eigenvalue weighted by molar-refractivity contribution is 0.0717. The van der Waals surface area contributed by atoms with Crippen molar-refractivity contribution in [1.29, 1.82) is 0 Å². The number of halogens is 1. The Balaban J connectivity index is 1.33. The molecule has 0 bridgehead atoms. The van der Waals surface area contributed by atoms with E-state index in [1.54, 1.807) is 17.3 Å². The monoisotopic (exact) mass is 522 g/mol. The molecule has 38 heavy (non-hydrogen) atoms. The quantitative estimate of drug-likeness (QED) is 0.479. The highest BCUT2D eigenvalue weighted by Crippen LogP contribution is 2.39. The van der Waals surface area contributed by atoms with Crippen molar-refractivity contribution < 1.29 is 9.18 Å². The zero-order chi connectivity index (χ0) is 26.6. The predicted octanol–water partition coefficient (Wildman–Crippen LogP) is 5.49. The number of anilines is 3. The molecule has 1 saturated carbocycles. The van der Waals surface area contributed by atoms with Crippen LogP contribution < -0.4 is 9.80 Å². The molecule has 2 aromatic rings. The molecule has 1 amide bonds. The highest BCUT2D eigenvalue weighted by atomic mass is 19.1. The van der Waals surface area contributed by atoms with Gasteiger partial charge in [0.05, 0.1) is 17.4 Å². The van der Waals surface area contributed by atoms with Crippen LogP contribution in [0.5, 0.6) is 0 Å². The number of likely N-dealkylation sites (tertiary alicyclic amines) is 1. The first-order valence-electron chi connectivity index (χ1n) is 14.6. The number of carbonyl (C=O) groups excluding carboxylic acids is 1. The van der Waals surface area contributed by atoms with E-state index in [0.29, 0.717) is 30.3 Å². The fourth-order valence-electron chi connectivity index (χ4n) is 6.70. The van der Waals surface area contributed by atoms with Gasteiger partial charge in [0.25, 0.3) is 5.91 Å². The zero-order valence-corrected chi connectivity index (χ0v) is 23.3. The number of hydrogen-bond acceptors (Lipinski definition) is 6. The number of carbonyl (C=O) groups is 1. The largest absolute Gasteiger partial charge is 0.353 e. The van der Waals surface area contributed by atoms with E-state index in [4.69, 9.17) is 4.98 Å². The molecule has 1 aromatic heterocycles. The molecule has 5 rings (SSSR count). The number of benzene rings is 1. The second-order valence-electron chi connectivity index (χ2n) is 11.4. The van der Waals surface area contributed by atoms with Gasteiger partial charge in [-0.15, -0.1) is 0 Å². The van der Waals surface area contributed by atoms with Crippen LogP contribution in [0.15, 0.2) is 30.7 Å². The molecule has 0 unspecified atom stereocenters. The molecule has 3 aliphatic rings. The first-order valence-corrected chi connectivity index (χ1v) is 14.6. The minimum absolute atomic E-state index is 0.0283. The number of rotatable bonds is 7. The summed E-state index contributed by atoms with van der Waals surface area (Å²) in [5.41, 5.74) is 1.98. The van der Waals surface area contributed by atoms with Gasteiger partial charge < -0.3 is 19.6 Å². The van der Waals surface area contributed by atoms with Gasteiger partial charge in [0.15, 0.2) is 5.82 Å². The van der Waals surface area contributed by atoms with Crippen molar-refractivity contribution in [3.05, 3.63) is 42.1 Å². The molecular weight excluding hydrogens is 479 g/mol. The van der Waals surface area contributed by atoms with Crippen LogP contribution in [0.4, 0.5) is 21.6 Å². The van der Waals surface area contributed by atoms with Gasteiger partial charge >= 0.3 is 0 Å². The summed E-state index contributed by atoms with van der Waals surface area (Å²) in [4.78, 5) is 31.5. The zero-order valence-electron chi connectivity index (χ0n) is 23.3. The maximum atomic E-state index is 14.4. The molecule has 0 radical (unpaired) electrons. The van der Waals surface area contributed by atoms with E-state index in [1.807, 2.05) is 27.0 Å². The van der Waals surface area contributed by atoms with Crippen LogP contribution in [0.25, 0.3) is 0 Å². The summed E-state index contributed by atoms with van der Waals surface area (Å²) in [5.74, 6) is 0.999. The smallest absolute Gasteiger partial charge is 0.256 e. The maximum absolute atomic E-state index is 14.4. The van der Waals surface area contributed by atoms with Gasteiger partial charge in [0, 0.05) is 38.3 Å². The van der Waals surface area contributed by atoms with Crippen LogP contribution in [0.3, 0.4) is 0 Å².